The number of aromatic amines is 1. The molecule has 162 valence electrons. The molecule has 12 heteroatoms. The van der Waals surface area contributed by atoms with Gasteiger partial charge in [0.15, 0.2) is 0 Å². The summed E-state index contributed by atoms with van der Waals surface area (Å²) in [6.45, 7) is 1.80. The van der Waals surface area contributed by atoms with Gasteiger partial charge in [0.2, 0.25) is 11.9 Å². The number of ether oxygens (including phenoxy) is 1. The summed E-state index contributed by atoms with van der Waals surface area (Å²) in [5.41, 5.74) is 3.04. The summed E-state index contributed by atoms with van der Waals surface area (Å²) in [5, 5.41) is 20.2. The fourth-order valence-corrected chi connectivity index (χ4v) is 3.63. The van der Waals surface area contributed by atoms with E-state index in [-0.39, 0.29) is 11.9 Å². The molecule has 0 unspecified atom stereocenters. The second-order valence-corrected chi connectivity index (χ2v) is 7.42. The average Bonchev–Trinajstić information content (AvgIpc) is 3.51. The van der Waals surface area contributed by atoms with Crippen LogP contribution in [0.1, 0.15) is 23.7 Å². The van der Waals surface area contributed by atoms with Crippen molar-refractivity contribution in [2.24, 2.45) is 0 Å². The van der Waals surface area contributed by atoms with Gasteiger partial charge in [0.1, 0.15) is 5.75 Å². The SMILES string of the molecule is CCC(=O)Nc1csc(-c2cncc(-c3ccc(C(=O)Nc4nnn[nH]4)c(OC)c3)n2)c1. The van der Waals surface area contributed by atoms with Crippen LogP contribution < -0.4 is 15.4 Å². The van der Waals surface area contributed by atoms with Crippen molar-refractivity contribution in [3.8, 4) is 27.6 Å². The molecule has 0 spiro atoms. The maximum Gasteiger partial charge on any atom is 0.261 e. The lowest BCUT2D eigenvalue weighted by atomic mass is 10.1. The molecule has 0 saturated carbocycles. The number of nitrogens with zero attached hydrogens (tertiary/aromatic N) is 5. The van der Waals surface area contributed by atoms with Gasteiger partial charge in [0.05, 0.1) is 47.0 Å². The number of nitrogens with one attached hydrogen (secondary N) is 3. The molecular weight excluding hydrogens is 432 g/mol. The van der Waals surface area contributed by atoms with E-state index < -0.39 is 5.91 Å². The van der Waals surface area contributed by atoms with Crippen molar-refractivity contribution in [1.29, 1.82) is 0 Å². The third-order valence-electron chi connectivity index (χ3n) is 4.41. The fourth-order valence-electron chi connectivity index (χ4n) is 2.83. The van der Waals surface area contributed by atoms with E-state index in [1.807, 2.05) is 11.4 Å². The minimum Gasteiger partial charge on any atom is -0.496 e. The van der Waals surface area contributed by atoms with Gasteiger partial charge in [-0.15, -0.1) is 11.3 Å². The monoisotopic (exact) mass is 450 g/mol. The fraction of sp³-hybridized carbons (Fsp3) is 0.150. The Morgan fingerprint density at radius 1 is 1.16 bits per heavy atom. The lowest BCUT2D eigenvalue weighted by Crippen LogP contribution is -2.14. The number of anilines is 2. The highest BCUT2D eigenvalue weighted by Gasteiger charge is 2.16. The Bertz CT molecular complexity index is 1260. The summed E-state index contributed by atoms with van der Waals surface area (Å²) < 4.78 is 5.40. The summed E-state index contributed by atoms with van der Waals surface area (Å²) in [5.74, 6) is 0.0162. The first-order chi connectivity index (χ1) is 15.6. The van der Waals surface area contributed by atoms with Crippen LogP contribution in [0.15, 0.2) is 42.0 Å². The highest BCUT2D eigenvalue weighted by atomic mass is 32.1. The van der Waals surface area contributed by atoms with Gasteiger partial charge in [-0.3, -0.25) is 19.9 Å². The third-order valence-corrected chi connectivity index (χ3v) is 5.36. The molecule has 2 amide bonds. The smallest absolute Gasteiger partial charge is 0.261 e. The molecule has 3 heterocycles. The zero-order chi connectivity index (χ0) is 22.5. The summed E-state index contributed by atoms with van der Waals surface area (Å²) in [6.07, 6.45) is 3.70. The maximum absolute atomic E-state index is 12.5. The Labute approximate surface area is 186 Å². The molecule has 32 heavy (non-hydrogen) atoms. The van der Waals surface area contributed by atoms with Crippen LogP contribution in [0.2, 0.25) is 0 Å². The van der Waals surface area contributed by atoms with Gasteiger partial charge in [-0.25, -0.2) is 10.1 Å². The predicted octanol–water partition coefficient (Wildman–Crippen LogP) is 2.99. The number of amides is 2. The second-order valence-electron chi connectivity index (χ2n) is 6.51. The largest absolute Gasteiger partial charge is 0.496 e. The molecule has 0 radical (unpaired) electrons. The number of tetrazole rings is 1. The van der Waals surface area contributed by atoms with E-state index in [0.29, 0.717) is 29.1 Å². The van der Waals surface area contributed by atoms with Crippen molar-refractivity contribution in [2.75, 3.05) is 17.7 Å². The molecule has 0 aliphatic rings. The van der Waals surface area contributed by atoms with Gasteiger partial charge >= 0.3 is 0 Å². The van der Waals surface area contributed by atoms with Crippen molar-refractivity contribution < 1.29 is 14.3 Å². The number of thiophene rings is 1. The molecule has 0 saturated heterocycles. The minimum atomic E-state index is -0.424. The standard InChI is InChI=1S/C20H18N8O3S/c1-3-18(29)22-12-7-17(32-10-12)15-9-21-8-14(23-15)11-4-5-13(16(6-11)31-2)19(30)24-20-25-27-28-26-20/h4-10H,3H2,1-2H3,(H,22,29)(H2,24,25,26,27,28,30). The lowest BCUT2D eigenvalue weighted by Gasteiger charge is -2.10. The number of rotatable bonds is 7. The van der Waals surface area contributed by atoms with Gasteiger partial charge in [-0.1, -0.05) is 18.1 Å². The van der Waals surface area contributed by atoms with E-state index >= 15 is 0 Å². The van der Waals surface area contributed by atoms with E-state index in [1.165, 1.54) is 18.4 Å². The number of hydrogen-bond donors (Lipinski definition) is 3. The first-order valence-corrected chi connectivity index (χ1v) is 10.4. The quantitative estimate of drug-likeness (QED) is 0.389. The van der Waals surface area contributed by atoms with Crippen molar-refractivity contribution in [1.82, 2.24) is 30.6 Å². The number of hydrogen-bond acceptors (Lipinski definition) is 9. The number of carbonyl (C=O) groups excluding carboxylic acids is 2. The zero-order valence-electron chi connectivity index (χ0n) is 17.1. The highest BCUT2D eigenvalue weighted by molar-refractivity contribution is 7.14. The van der Waals surface area contributed by atoms with Crippen molar-refractivity contribution in [2.45, 2.75) is 13.3 Å². The number of methoxy groups -OCH3 is 1. The summed E-state index contributed by atoms with van der Waals surface area (Å²) in [6, 6.07) is 6.96. The molecule has 0 fully saturated rings. The number of carbonyl (C=O) groups is 2. The first-order valence-electron chi connectivity index (χ1n) is 9.51. The zero-order valence-corrected chi connectivity index (χ0v) is 17.9. The minimum absolute atomic E-state index is 0.0509. The van der Waals surface area contributed by atoms with Crippen molar-refractivity contribution in [3.05, 3.63) is 47.6 Å². The van der Waals surface area contributed by atoms with E-state index in [0.717, 1.165) is 16.1 Å². The van der Waals surface area contributed by atoms with Gasteiger partial charge in [0, 0.05) is 17.4 Å². The number of H-pyrrole nitrogens is 1. The summed E-state index contributed by atoms with van der Waals surface area (Å²) in [4.78, 5) is 34.0. The molecule has 0 aliphatic carbocycles. The van der Waals surface area contributed by atoms with E-state index in [2.05, 4.69) is 41.2 Å². The lowest BCUT2D eigenvalue weighted by molar-refractivity contribution is -0.115. The van der Waals surface area contributed by atoms with Gasteiger partial charge in [0.25, 0.3) is 5.91 Å². The normalized spacial score (nSPS) is 10.6. The van der Waals surface area contributed by atoms with Gasteiger partial charge in [-0.2, -0.15) is 0 Å². The summed E-state index contributed by atoms with van der Waals surface area (Å²) in [7, 11) is 1.48. The Morgan fingerprint density at radius 3 is 2.75 bits per heavy atom. The Kier molecular flexibility index (Phi) is 6.12. The molecular formula is C20H18N8O3S. The molecule has 3 aromatic heterocycles. The van der Waals surface area contributed by atoms with Crippen LogP contribution >= 0.6 is 11.3 Å². The van der Waals surface area contributed by atoms with Gasteiger partial charge < -0.3 is 10.1 Å². The van der Waals surface area contributed by atoms with E-state index in [4.69, 9.17) is 4.74 Å². The van der Waals surface area contributed by atoms with Crippen LogP contribution in [0.5, 0.6) is 5.75 Å². The molecule has 4 aromatic rings. The third kappa shape index (κ3) is 4.59. The van der Waals surface area contributed by atoms with Gasteiger partial charge in [-0.05, 0) is 28.6 Å². The average molecular weight is 450 g/mol. The Hall–Kier alpha value is -4.19. The van der Waals surface area contributed by atoms with Crippen LogP contribution in [0.25, 0.3) is 21.8 Å². The molecule has 0 bridgehead atoms. The Balaban J connectivity index is 1.59. The first kappa shape index (κ1) is 21.1. The Morgan fingerprint density at radius 2 is 2.00 bits per heavy atom. The molecule has 3 N–H and O–H groups in total. The maximum atomic E-state index is 12.5. The van der Waals surface area contributed by atoms with Crippen molar-refractivity contribution in [3.63, 3.8) is 0 Å². The molecule has 0 atom stereocenters. The summed E-state index contributed by atoms with van der Waals surface area (Å²) >= 11 is 1.46. The molecule has 1 aromatic carbocycles. The highest BCUT2D eigenvalue weighted by Crippen LogP contribution is 2.31. The number of benzene rings is 1. The topological polar surface area (TPSA) is 148 Å². The molecule has 11 nitrogen and oxygen atoms in total. The van der Waals surface area contributed by atoms with Crippen molar-refractivity contribution >= 4 is 34.8 Å². The van der Waals surface area contributed by atoms with Crippen LogP contribution in [-0.4, -0.2) is 49.5 Å². The van der Waals surface area contributed by atoms with Crippen LogP contribution in [0, 0.1) is 0 Å². The predicted molar refractivity (Wildman–Crippen MR) is 118 cm³/mol. The van der Waals surface area contributed by atoms with Crippen LogP contribution in [0.4, 0.5) is 11.6 Å². The van der Waals surface area contributed by atoms with E-state index in [9.17, 15) is 9.59 Å². The number of aromatic nitrogens is 6. The second kappa shape index (κ2) is 9.31. The molecule has 0 aliphatic heterocycles. The van der Waals surface area contributed by atoms with Crippen LogP contribution in [0.3, 0.4) is 0 Å². The van der Waals surface area contributed by atoms with E-state index in [1.54, 1.807) is 37.5 Å². The molecule has 4 rings (SSSR count). The van der Waals surface area contributed by atoms with Crippen LogP contribution in [-0.2, 0) is 4.79 Å².